The van der Waals surface area contributed by atoms with Gasteiger partial charge < -0.3 is 9.21 Å². The van der Waals surface area contributed by atoms with Crippen molar-refractivity contribution < 1.29 is 9.21 Å². The Hall–Kier alpha value is -2.68. The van der Waals surface area contributed by atoms with Gasteiger partial charge in [0.2, 0.25) is 0 Å². The van der Waals surface area contributed by atoms with Crippen molar-refractivity contribution in [2.75, 3.05) is 0 Å². The summed E-state index contributed by atoms with van der Waals surface area (Å²) in [6.45, 7) is 0. The van der Waals surface area contributed by atoms with Crippen LogP contribution < -0.4 is 5.63 Å². The summed E-state index contributed by atoms with van der Waals surface area (Å²) in [5.41, 5.74) is 2.47. The highest BCUT2D eigenvalue weighted by Gasteiger charge is 2.07. The Bertz CT molecular complexity index is 814. The molecule has 0 amide bonds. The molecule has 2 aromatic carbocycles. The lowest BCUT2D eigenvalue weighted by Crippen LogP contribution is -2.02. The average molecular weight is 264 g/mol. The van der Waals surface area contributed by atoms with Crippen LogP contribution in [0.5, 0.6) is 0 Å². The molecule has 3 aromatic rings. The van der Waals surface area contributed by atoms with Crippen LogP contribution in [0.1, 0.15) is 5.56 Å². The van der Waals surface area contributed by atoms with E-state index in [1.807, 2.05) is 48.5 Å². The van der Waals surface area contributed by atoms with E-state index in [-0.39, 0.29) is 5.63 Å². The summed E-state index contributed by atoms with van der Waals surface area (Å²) in [6.07, 6.45) is 1.24. The van der Waals surface area contributed by atoms with E-state index in [9.17, 15) is 9.59 Å². The lowest BCUT2D eigenvalue weighted by Gasteiger charge is -2.03. The van der Waals surface area contributed by atoms with Gasteiger partial charge in [0, 0.05) is 11.8 Å². The Morgan fingerprint density at radius 3 is 2.50 bits per heavy atom. The predicted octanol–water partition coefficient (Wildman–Crippen LogP) is 3.20. The van der Waals surface area contributed by atoms with Crippen molar-refractivity contribution in [3.63, 3.8) is 0 Å². The molecule has 0 atom stereocenters. The summed E-state index contributed by atoms with van der Waals surface area (Å²) in [5.74, 6) is 0. The third kappa shape index (κ3) is 2.26. The third-order valence-electron chi connectivity index (χ3n) is 3.23. The number of benzene rings is 2. The maximum atomic E-state index is 12.0. The maximum absolute atomic E-state index is 12.0. The highest BCUT2D eigenvalue weighted by atomic mass is 16.4. The summed E-state index contributed by atoms with van der Waals surface area (Å²) >= 11 is 0. The molecule has 0 aliphatic heterocycles. The predicted molar refractivity (Wildman–Crippen MR) is 77.7 cm³/mol. The van der Waals surface area contributed by atoms with E-state index in [1.165, 1.54) is 0 Å². The molecule has 3 nitrogen and oxygen atoms in total. The van der Waals surface area contributed by atoms with Gasteiger partial charge >= 0.3 is 5.63 Å². The van der Waals surface area contributed by atoms with Crippen LogP contribution >= 0.6 is 0 Å². The maximum Gasteiger partial charge on any atom is 0.344 e. The lowest BCUT2D eigenvalue weighted by atomic mass is 10.0. The van der Waals surface area contributed by atoms with E-state index in [2.05, 4.69) is 0 Å². The number of hydrogen-bond acceptors (Lipinski definition) is 3. The van der Waals surface area contributed by atoms with Crippen molar-refractivity contribution in [2.24, 2.45) is 0 Å². The molecule has 1 aromatic heterocycles. The highest BCUT2D eigenvalue weighted by molar-refractivity contribution is 5.81. The standard InChI is InChI=1S/C17H12O3/c18-10-9-12-5-7-13(8-6-12)15-11-14-3-1-2-4-16(14)20-17(15)19/h1-8,10-11H,9H2. The number of fused-ring (bicyclic) bond motifs is 1. The highest BCUT2D eigenvalue weighted by Crippen LogP contribution is 2.21. The first-order valence-corrected chi connectivity index (χ1v) is 6.34. The minimum Gasteiger partial charge on any atom is -0.422 e. The lowest BCUT2D eigenvalue weighted by molar-refractivity contribution is -0.107. The molecule has 0 aliphatic rings. The summed E-state index contributed by atoms with van der Waals surface area (Å²) in [6, 6.07) is 16.6. The average Bonchev–Trinajstić information content (AvgIpc) is 2.48. The summed E-state index contributed by atoms with van der Waals surface area (Å²) in [4.78, 5) is 22.5. The third-order valence-corrected chi connectivity index (χ3v) is 3.23. The molecule has 0 spiro atoms. The number of carbonyl (C=O) groups is 1. The van der Waals surface area contributed by atoms with Crippen molar-refractivity contribution in [1.29, 1.82) is 0 Å². The topological polar surface area (TPSA) is 47.3 Å². The molecule has 0 N–H and O–H groups in total. The Morgan fingerprint density at radius 1 is 1.00 bits per heavy atom. The van der Waals surface area contributed by atoms with Crippen molar-refractivity contribution in [1.82, 2.24) is 0 Å². The van der Waals surface area contributed by atoms with Crippen LogP contribution in [0.15, 0.2) is 63.8 Å². The number of aldehydes is 1. The van der Waals surface area contributed by atoms with Crippen LogP contribution in [0, 0.1) is 0 Å². The second kappa shape index (κ2) is 5.13. The molecule has 3 rings (SSSR count). The molecule has 1 heterocycles. The summed E-state index contributed by atoms with van der Waals surface area (Å²) < 4.78 is 5.31. The first-order valence-electron chi connectivity index (χ1n) is 6.34. The molecule has 3 heteroatoms. The fourth-order valence-corrected chi connectivity index (χ4v) is 2.18. The minimum absolute atomic E-state index is 0.355. The monoisotopic (exact) mass is 264 g/mol. The zero-order valence-electron chi connectivity index (χ0n) is 10.7. The van der Waals surface area contributed by atoms with E-state index in [0.29, 0.717) is 17.6 Å². The van der Waals surface area contributed by atoms with Crippen molar-refractivity contribution in [2.45, 2.75) is 6.42 Å². The van der Waals surface area contributed by atoms with Crippen molar-refractivity contribution in [3.8, 4) is 11.1 Å². The summed E-state index contributed by atoms with van der Waals surface area (Å²) in [7, 11) is 0. The van der Waals surface area contributed by atoms with E-state index in [1.54, 1.807) is 6.07 Å². The first kappa shape index (κ1) is 12.4. The van der Waals surface area contributed by atoms with Crippen LogP contribution in [0.3, 0.4) is 0 Å². The molecule has 0 radical (unpaired) electrons. The van der Waals surface area contributed by atoms with Crippen molar-refractivity contribution in [3.05, 3.63) is 70.6 Å². The van der Waals surface area contributed by atoms with Gasteiger partial charge in [-0.15, -0.1) is 0 Å². The van der Waals surface area contributed by atoms with E-state index >= 15 is 0 Å². The van der Waals surface area contributed by atoms with Gasteiger partial charge in [-0.2, -0.15) is 0 Å². The molecule has 0 bridgehead atoms. The molecule has 0 saturated carbocycles. The van der Waals surface area contributed by atoms with Gasteiger partial charge in [-0.3, -0.25) is 0 Å². The van der Waals surface area contributed by atoms with Crippen LogP contribution in [-0.4, -0.2) is 6.29 Å². The summed E-state index contributed by atoms with van der Waals surface area (Å²) in [5, 5.41) is 0.888. The molecule has 0 aliphatic carbocycles. The Morgan fingerprint density at radius 2 is 1.75 bits per heavy atom. The molecular weight excluding hydrogens is 252 g/mol. The Kier molecular flexibility index (Phi) is 3.17. The first-order chi connectivity index (χ1) is 9.78. The van der Waals surface area contributed by atoms with Gasteiger partial charge in [0.25, 0.3) is 0 Å². The molecule has 20 heavy (non-hydrogen) atoms. The number of carbonyl (C=O) groups excluding carboxylic acids is 1. The van der Waals surface area contributed by atoms with Gasteiger partial charge in [-0.1, -0.05) is 42.5 Å². The van der Waals surface area contributed by atoms with Crippen LogP contribution in [0.25, 0.3) is 22.1 Å². The largest absolute Gasteiger partial charge is 0.422 e. The van der Waals surface area contributed by atoms with Gasteiger partial charge in [0.1, 0.15) is 11.9 Å². The Balaban J connectivity index is 2.11. The van der Waals surface area contributed by atoms with Crippen LogP contribution in [0.4, 0.5) is 0 Å². The SMILES string of the molecule is O=CCc1ccc(-c2cc3ccccc3oc2=O)cc1. The van der Waals surface area contributed by atoms with Gasteiger partial charge in [-0.05, 0) is 23.3 Å². The van der Waals surface area contributed by atoms with E-state index in [4.69, 9.17) is 4.42 Å². The molecule has 0 unspecified atom stereocenters. The molecule has 0 fully saturated rings. The van der Waals surface area contributed by atoms with E-state index < -0.39 is 0 Å². The smallest absolute Gasteiger partial charge is 0.344 e. The quantitative estimate of drug-likeness (QED) is 0.539. The molecule has 98 valence electrons. The van der Waals surface area contributed by atoms with Gasteiger partial charge in [0.15, 0.2) is 0 Å². The molecular formula is C17H12O3. The van der Waals surface area contributed by atoms with E-state index in [0.717, 1.165) is 22.8 Å². The van der Waals surface area contributed by atoms with Gasteiger partial charge in [-0.25, -0.2) is 4.79 Å². The number of rotatable bonds is 3. The fourth-order valence-electron chi connectivity index (χ4n) is 2.18. The second-order valence-electron chi connectivity index (χ2n) is 4.55. The zero-order valence-corrected chi connectivity index (χ0v) is 10.7. The van der Waals surface area contributed by atoms with Gasteiger partial charge in [0.05, 0.1) is 5.56 Å². The number of para-hydroxylation sites is 1. The zero-order chi connectivity index (χ0) is 13.9. The normalized spacial score (nSPS) is 10.6. The van der Waals surface area contributed by atoms with Crippen LogP contribution in [-0.2, 0) is 11.2 Å². The number of hydrogen-bond donors (Lipinski definition) is 0. The van der Waals surface area contributed by atoms with Crippen molar-refractivity contribution >= 4 is 17.3 Å². The Labute approximate surface area is 115 Å². The second-order valence-corrected chi connectivity index (χ2v) is 4.55. The fraction of sp³-hybridized carbons (Fsp3) is 0.0588. The van der Waals surface area contributed by atoms with Crippen LogP contribution in [0.2, 0.25) is 0 Å². The minimum atomic E-state index is -0.355. The molecule has 0 saturated heterocycles.